The summed E-state index contributed by atoms with van der Waals surface area (Å²) in [7, 11) is 0. The lowest BCUT2D eigenvalue weighted by Crippen LogP contribution is -2.45. The molecule has 1 rings (SSSR count). The fourth-order valence-corrected chi connectivity index (χ4v) is 2.36. The van der Waals surface area contributed by atoms with Crippen LogP contribution < -0.4 is 0 Å². The monoisotopic (exact) mass is 261 g/mol. The maximum atomic E-state index is 11.5. The van der Waals surface area contributed by atoms with E-state index < -0.39 is 30.3 Å². The van der Waals surface area contributed by atoms with Crippen LogP contribution in [0.5, 0.6) is 0 Å². The van der Waals surface area contributed by atoms with Gasteiger partial charge in [-0.15, -0.1) is 0 Å². The molecule has 1 aliphatic rings. The maximum absolute atomic E-state index is 11.5. The smallest absolute Gasteiger partial charge is 0.327 e. The largest absolute Gasteiger partial charge is 0.481 e. The molecule has 1 atom stereocenters. The minimum atomic E-state index is -1.48. The highest BCUT2D eigenvalue weighted by Crippen LogP contribution is 2.31. The molecule has 0 spiro atoms. The van der Waals surface area contributed by atoms with Crippen molar-refractivity contribution in [2.24, 2.45) is 0 Å². The molecule has 8 heteroatoms. The molecule has 0 aromatic heterocycles. The Hall–Kier alpha value is -1.41. The summed E-state index contributed by atoms with van der Waals surface area (Å²) in [4.78, 5) is 33.7. The number of carboxylic acid groups (broad SMARTS) is 2. The summed E-state index contributed by atoms with van der Waals surface area (Å²) < 4.78 is 0.0173. The van der Waals surface area contributed by atoms with E-state index in [1.54, 1.807) is 0 Å². The number of thioether (sulfide) groups is 1. The Labute approximate surface area is 99.9 Å². The van der Waals surface area contributed by atoms with Crippen LogP contribution in [-0.2, 0) is 14.4 Å². The number of carbonyl (C=O) groups is 3. The van der Waals surface area contributed by atoms with Crippen molar-refractivity contribution >= 4 is 46.1 Å². The molecule has 1 fully saturated rings. The Morgan fingerprint density at radius 2 is 2.06 bits per heavy atom. The standard InChI is InChI=1S/C8H7NO5S2/c1-3-6(12)9(8(15)16-3)4(7(13)14)2-5(10)11/h4H,1-2H2,(H,10,11)(H,13,14). The Morgan fingerprint density at radius 3 is 2.38 bits per heavy atom. The summed E-state index contributed by atoms with van der Waals surface area (Å²) in [5, 5.41) is 17.4. The molecule has 1 saturated heterocycles. The first-order valence-corrected chi connectivity index (χ1v) is 5.26. The van der Waals surface area contributed by atoms with E-state index in [2.05, 4.69) is 6.58 Å². The fourth-order valence-electron chi connectivity index (χ4n) is 1.14. The Balaban J connectivity index is 2.99. The third-order valence-corrected chi connectivity index (χ3v) is 3.07. The molecule has 86 valence electrons. The van der Waals surface area contributed by atoms with Gasteiger partial charge in [-0.05, 0) is 0 Å². The van der Waals surface area contributed by atoms with Crippen molar-refractivity contribution in [1.29, 1.82) is 0 Å². The molecule has 0 radical (unpaired) electrons. The summed E-state index contributed by atoms with van der Waals surface area (Å²) in [6, 6.07) is -1.48. The van der Waals surface area contributed by atoms with E-state index in [0.29, 0.717) is 0 Å². The van der Waals surface area contributed by atoms with E-state index in [1.165, 1.54) is 0 Å². The highest BCUT2D eigenvalue weighted by molar-refractivity contribution is 8.26. The van der Waals surface area contributed by atoms with Gasteiger partial charge in [-0.1, -0.05) is 30.6 Å². The number of thiocarbonyl (C=S) groups is 1. The van der Waals surface area contributed by atoms with Crippen molar-refractivity contribution < 1.29 is 24.6 Å². The van der Waals surface area contributed by atoms with Crippen LogP contribution in [0.2, 0.25) is 0 Å². The van der Waals surface area contributed by atoms with Crippen LogP contribution in [0.25, 0.3) is 0 Å². The minimum absolute atomic E-state index is 0.0173. The molecule has 6 nitrogen and oxygen atoms in total. The molecule has 1 aliphatic heterocycles. The predicted molar refractivity (Wildman–Crippen MR) is 59.9 cm³/mol. The Bertz CT molecular complexity index is 405. The topological polar surface area (TPSA) is 94.9 Å². The van der Waals surface area contributed by atoms with Gasteiger partial charge in [0.25, 0.3) is 5.91 Å². The predicted octanol–water partition coefficient (Wildman–Crippen LogP) is 0.288. The third kappa shape index (κ3) is 2.39. The van der Waals surface area contributed by atoms with Gasteiger partial charge in [0.05, 0.1) is 11.3 Å². The molecule has 0 aromatic carbocycles. The zero-order valence-electron chi connectivity index (χ0n) is 7.87. The van der Waals surface area contributed by atoms with Gasteiger partial charge in [0.15, 0.2) is 0 Å². The molecule has 1 heterocycles. The van der Waals surface area contributed by atoms with Crippen LogP contribution in [0.1, 0.15) is 6.42 Å². The second kappa shape index (κ2) is 4.62. The third-order valence-electron chi connectivity index (χ3n) is 1.83. The molecule has 0 saturated carbocycles. The molecule has 1 unspecified atom stereocenters. The number of amides is 1. The molecule has 1 amide bonds. The van der Waals surface area contributed by atoms with Gasteiger partial charge in [0, 0.05) is 0 Å². The zero-order valence-corrected chi connectivity index (χ0v) is 9.51. The lowest BCUT2D eigenvalue weighted by atomic mass is 10.2. The molecule has 0 aromatic rings. The van der Waals surface area contributed by atoms with Crippen molar-refractivity contribution in [2.45, 2.75) is 12.5 Å². The van der Waals surface area contributed by atoms with Crippen molar-refractivity contribution in [2.75, 3.05) is 0 Å². The van der Waals surface area contributed by atoms with Gasteiger partial charge in [0.2, 0.25) is 0 Å². The normalized spacial score (nSPS) is 17.8. The maximum Gasteiger partial charge on any atom is 0.327 e. The van der Waals surface area contributed by atoms with Crippen LogP contribution >= 0.6 is 24.0 Å². The van der Waals surface area contributed by atoms with E-state index in [0.717, 1.165) is 16.7 Å². The second-order valence-corrected chi connectivity index (χ2v) is 4.65. The zero-order chi connectivity index (χ0) is 12.5. The molecule has 2 N–H and O–H groups in total. The first kappa shape index (κ1) is 12.7. The Morgan fingerprint density at radius 1 is 1.50 bits per heavy atom. The fraction of sp³-hybridized carbons (Fsp3) is 0.250. The van der Waals surface area contributed by atoms with Gasteiger partial charge in [-0.25, -0.2) is 4.79 Å². The number of carbonyl (C=O) groups excluding carboxylic acids is 1. The highest BCUT2D eigenvalue weighted by atomic mass is 32.2. The SMILES string of the molecule is C=C1SC(=S)N(C(CC(=O)O)C(=O)O)C1=O. The first-order valence-electron chi connectivity index (χ1n) is 4.03. The van der Waals surface area contributed by atoms with Crippen molar-refractivity contribution in [1.82, 2.24) is 4.90 Å². The average molecular weight is 261 g/mol. The number of hydrogen-bond donors (Lipinski definition) is 2. The van der Waals surface area contributed by atoms with E-state index in [1.807, 2.05) is 0 Å². The van der Waals surface area contributed by atoms with Crippen molar-refractivity contribution in [3.8, 4) is 0 Å². The quantitative estimate of drug-likeness (QED) is 0.554. The van der Waals surface area contributed by atoms with E-state index in [9.17, 15) is 14.4 Å². The number of carboxylic acids is 2. The van der Waals surface area contributed by atoms with E-state index in [-0.39, 0.29) is 9.23 Å². The molecule has 0 aliphatic carbocycles. The van der Waals surface area contributed by atoms with Gasteiger partial charge >= 0.3 is 11.9 Å². The van der Waals surface area contributed by atoms with E-state index >= 15 is 0 Å². The summed E-state index contributed by atoms with van der Waals surface area (Å²) in [5.41, 5.74) is 0. The minimum Gasteiger partial charge on any atom is -0.481 e. The van der Waals surface area contributed by atoms with Crippen LogP contribution in [0.4, 0.5) is 0 Å². The number of aliphatic carboxylic acids is 2. The summed E-state index contributed by atoms with van der Waals surface area (Å²) in [5.74, 6) is -3.37. The van der Waals surface area contributed by atoms with E-state index in [4.69, 9.17) is 22.4 Å². The molecular weight excluding hydrogens is 254 g/mol. The Kier molecular flexibility index (Phi) is 3.66. The second-order valence-electron chi connectivity index (χ2n) is 2.92. The van der Waals surface area contributed by atoms with Gasteiger partial charge in [0.1, 0.15) is 10.4 Å². The average Bonchev–Trinajstić information content (AvgIpc) is 2.38. The van der Waals surface area contributed by atoms with Crippen LogP contribution in [0.15, 0.2) is 11.5 Å². The van der Waals surface area contributed by atoms with Crippen molar-refractivity contribution in [3.05, 3.63) is 11.5 Å². The van der Waals surface area contributed by atoms with Gasteiger partial charge in [-0.2, -0.15) is 0 Å². The van der Waals surface area contributed by atoms with Crippen LogP contribution in [-0.4, -0.2) is 43.3 Å². The summed E-state index contributed by atoms with van der Waals surface area (Å²) in [6.45, 7) is 3.40. The highest BCUT2D eigenvalue weighted by Gasteiger charge is 2.40. The van der Waals surface area contributed by atoms with Crippen LogP contribution in [0.3, 0.4) is 0 Å². The number of hydrogen-bond acceptors (Lipinski definition) is 5. The van der Waals surface area contributed by atoms with Gasteiger partial charge < -0.3 is 10.2 Å². The van der Waals surface area contributed by atoms with Crippen LogP contribution in [0, 0.1) is 0 Å². The molecular formula is C8H7NO5S2. The first-order chi connectivity index (χ1) is 7.34. The van der Waals surface area contributed by atoms with Crippen molar-refractivity contribution in [3.63, 3.8) is 0 Å². The summed E-state index contributed by atoms with van der Waals surface area (Å²) in [6.07, 6.45) is -0.699. The number of nitrogens with zero attached hydrogens (tertiary/aromatic N) is 1. The summed E-state index contributed by atoms with van der Waals surface area (Å²) >= 11 is 5.66. The number of rotatable bonds is 4. The molecule has 0 bridgehead atoms. The molecule has 16 heavy (non-hydrogen) atoms. The van der Waals surface area contributed by atoms with Gasteiger partial charge in [-0.3, -0.25) is 14.5 Å². The lowest BCUT2D eigenvalue weighted by molar-refractivity contribution is -0.150. The lowest BCUT2D eigenvalue weighted by Gasteiger charge is -2.21.